The van der Waals surface area contributed by atoms with Crippen LogP contribution in [-0.4, -0.2) is 14.6 Å². The van der Waals surface area contributed by atoms with E-state index in [-0.39, 0.29) is 0 Å². The van der Waals surface area contributed by atoms with E-state index in [0.29, 0.717) is 5.82 Å². The molecule has 9 aromatic rings. The molecule has 0 aliphatic carbocycles. The fourth-order valence-electron chi connectivity index (χ4n) is 6.36. The van der Waals surface area contributed by atoms with E-state index in [1.807, 2.05) is 41.0 Å². The number of para-hydroxylation sites is 4. The third-order valence-electron chi connectivity index (χ3n) is 8.61. The SMILES string of the molecule is c1ccc(N(c2ccccc2)c2ccc(-c3nc4cc5oc6cc(N(c7ccccc7)c7ccccc7)ccc6c5cn4n3)cc2)cc1. The summed E-state index contributed by atoms with van der Waals surface area (Å²) in [7, 11) is 0. The van der Waals surface area contributed by atoms with Crippen molar-refractivity contribution in [3.05, 3.63) is 176 Å². The summed E-state index contributed by atoms with van der Waals surface area (Å²) in [5.41, 5.74) is 9.68. The number of aromatic nitrogens is 3. The molecular weight excluding hydrogens is 590 g/mol. The zero-order valence-corrected chi connectivity index (χ0v) is 25.9. The van der Waals surface area contributed by atoms with Crippen molar-refractivity contribution in [3.8, 4) is 11.4 Å². The molecule has 0 fully saturated rings. The molecule has 9 rings (SSSR count). The normalized spacial score (nSPS) is 11.3. The monoisotopic (exact) mass is 619 g/mol. The fourth-order valence-corrected chi connectivity index (χ4v) is 6.36. The molecule has 0 spiro atoms. The smallest absolute Gasteiger partial charge is 0.182 e. The number of nitrogens with zero attached hydrogens (tertiary/aromatic N) is 5. The molecule has 0 aliphatic rings. The van der Waals surface area contributed by atoms with Crippen LogP contribution in [0.5, 0.6) is 0 Å². The molecule has 6 heteroatoms. The van der Waals surface area contributed by atoms with Crippen LogP contribution in [-0.2, 0) is 0 Å². The van der Waals surface area contributed by atoms with Crippen molar-refractivity contribution in [1.82, 2.24) is 14.6 Å². The summed E-state index contributed by atoms with van der Waals surface area (Å²) in [5.74, 6) is 0.660. The minimum absolute atomic E-state index is 0.660. The minimum Gasteiger partial charge on any atom is -0.456 e. The standard InChI is InChI=1S/C42H29N5O/c1-5-13-31(14-6-1)46(32-15-7-2-8-16-32)35-23-21-30(22-24-35)42-43-41-28-40-38(29-45(41)44-42)37-26-25-36(27-39(37)48-40)47(33-17-9-3-10-18-33)34-19-11-4-12-20-34/h1-29H. The summed E-state index contributed by atoms with van der Waals surface area (Å²) in [4.78, 5) is 9.36. The Labute approximate surface area is 277 Å². The first kappa shape index (κ1) is 27.6. The van der Waals surface area contributed by atoms with Gasteiger partial charge in [0, 0.05) is 68.8 Å². The van der Waals surface area contributed by atoms with Gasteiger partial charge in [0.1, 0.15) is 11.2 Å². The van der Waals surface area contributed by atoms with Gasteiger partial charge in [-0.25, -0.2) is 9.50 Å². The molecule has 6 nitrogen and oxygen atoms in total. The van der Waals surface area contributed by atoms with Crippen molar-refractivity contribution in [2.75, 3.05) is 9.80 Å². The summed E-state index contributed by atoms with van der Waals surface area (Å²) in [6.07, 6.45) is 2.01. The number of rotatable bonds is 7. The minimum atomic E-state index is 0.660. The Hall–Kier alpha value is -6.66. The molecule has 0 atom stereocenters. The molecule has 0 unspecified atom stereocenters. The zero-order valence-electron chi connectivity index (χ0n) is 25.9. The van der Waals surface area contributed by atoms with Crippen molar-refractivity contribution >= 4 is 61.7 Å². The van der Waals surface area contributed by atoms with Crippen LogP contribution in [0.1, 0.15) is 0 Å². The van der Waals surface area contributed by atoms with Crippen molar-refractivity contribution in [3.63, 3.8) is 0 Å². The average Bonchev–Trinajstić information content (AvgIpc) is 3.73. The molecule has 0 aliphatic heterocycles. The number of pyridine rings is 1. The molecular formula is C42H29N5O. The van der Waals surface area contributed by atoms with Gasteiger partial charge in [0.2, 0.25) is 0 Å². The summed E-state index contributed by atoms with van der Waals surface area (Å²) in [6, 6.07) is 58.3. The molecule has 228 valence electrons. The highest BCUT2D eigenvalue weighted by Gasteiger charge is 2.17. The molecule has 0 saturated heterocycles. The first-order chi connectivity index (χ1) is 23.8. The number of furan rings is 1. The van der Waals surface area contributed by atoms with E-state index in [1.165, 1.54) is 0 Å². The van der Waals surface area contributed by atoms with Gasteiger partial charge in [-0.3, -0.25) is 0 Å². The molecule has 0 amide bonds. The van der Waals surface area contributed by atoms with E-state index in [4.69, 9.17) is 14.5 Å². The lowest BCUT2D eigenvalue weighted by Crippen LogP contribution is -2.09. The number of hydrogen-bond acceptors (Lipinski definition) is 5. The molecule has 3 aromatic heterocycles. The lowest BCUT2D eigenvalue weighted by molar-refractivity contribution is 0.668. The summed E-state index contributed by atoms with van der Waals surface area (Å²) in [5, 5.41) is 6.89. The molecule has 3 heterocycles. The van der Waals surface area contributed by atoms with Crippen LogP contribution in [0.25, 0.3) is 39.0 Å². The van der Waals surface area contributed by atoms with Crippen LogP contribution in [0.15, 0.2) is 180 Å². The van der Waals surface area contributed by atoms with Crippen molar-refractivity contribution in [2.45, 2.75) is 0 Å². The van der Waals surface area contributed by atoms with Crippen LogP contribution in [0.2, 0.25) is 0 Å². The number of hydrogen-bond donors (Lipinski definition) is 0. The van der Waals surface area contributed by atoms with Crippen molar-refractivity contribution in [1.29, 1.82) is 0 Å². The second-order valence-corrected chi connectivity index (χ2v) is 11.6. The summed E-state index contributed by atoms with van der Waals surface area (Å²) in [6.45, 7) is 0. The molecule has 0 radical (unpaired) electrons. The molecule has 0 bridgehead atoms. The second kappa shape index (κ2) is 11.6. The van der Waals surface area contributed by atoms with Gasteiger partial charge in [-0.05, 0) is 84.9 Å². The fraction of sp³-hybridized carbons (Fsp3) is 0. The van der Waals surface area contributed by atoms with E-state index >= 15 is 0 Å². The molecule has 48 heavy (non-hydrogen) atoms. The Balaban J connectivity index is 1.06. The second-order valence-electron chi connectivity index (χ2n) is 11.6. The molecule has 6 aromatic carbocycles. The van der Waals surface area contributed by atoms with Crippen LogP contribution < -0.4 is 9.80 Å². The summed E-state index contributed by atoms with van der Waals surface area (Å²) >= 11 is 0. The van der Waals surface area contributed by atoms with Crippen LogP contribution in [0.4, 0.5) is 34.1 Å². The lowest BCUT2D eigenvalue weighted by Gasteiger charge is -2.25. The first-order valence-electron chi connectivity index (χ1n) is 15.9. The Morgan fingerprint density at radius 2 is 0.896 bits per heavy atom. The van der Waals surface area contributed by atoms with E-state index < -0.39 is 0 Å². The average molecular weight is 620 g/mol. The summed E-state index contributed by atoms with van der Waals surface area (Å²) < 4.78 is 8.29. The number of fused-ring (bicyclic) bond motifs is 4. The molecule has 0 N–H and O–H groups in total. The predicted molar refractivity (Wildman–Crippen MR) is 195 cm³/mol. The van der Waals surface area contributed by atoms with E-state index in [9.17, 15) is 0 Å². The maximum Gasteiger partial charge on any atom is 0.182 e. The van der Waals surface area contributed by atoms with Gasteiger partial charge in [0.15, 0.2) is 11.5 Å². The third-order valence-corrected chi connectivity index (χ3v) is 8.61. The highest BCUT2D eigenvalue weighted by atomic mass is 16.3. The van der Waals surface area contributed by atoms with Gasteiger partial charge in [0.05, 0.1) is 0 Å². The van der Waals surface area contributed by atoms with Crippen molar-refractivity contribution < 1.29 is 4.42 Å². The predicted octanol–water partition coefficient (Wildman–Crippen LogP) is 11.2. The highest BCUT2D eigenvalue weighted by Crippen LogP contribution is 2.39. The van der Waals surface area contributed by atoms with Gasteiger partial charge >= 0.3 is 0 Å². The Kier molecular flexibility index (Phi) is 6.68. The van der Waals surface area contributed by atoms with Gasteiger partial charge in [0.25, 0.3) is 0 Å². The Bertz CT molecular complexity index is 2410. The highest BCUT2D eigenvalue weighted by molar-refractivity contribution is 6.06. The third kappa shape index (κ3) is 4.93. The lowest BCUT2D eigenvalue weighted by atomic mass is 10.1. The zero-order chi connectivity index (χ0) is 31.9. The van der Waals surface area contributed by atoms with E-state index in [1.54, 1.807) is 0 Å². The topological polar surface area (TPSA) is 49.8 Å². The van der Waals surface area contributed by atoms with Crippen LogP contribution in [0.3, 0.4) is 0 Å². The number of benzene rings is 6. The first-order valence-corrected chi connectivity index (χ1v) is 15.9. The Morgan fingerprint density at radius 3 is 1.44 bits per heavy atom. The maximum atomic E-state index is 6.45. The quantitative estimate of drug-likeness (QED) is 0.178. The van der Waals surface area contributed by atoms with Gasteiger partial charge in [-0.15, -0.1) is 5.10 Å². The van der Waals surface area contributed by atoms with Gasteiger partial charge in [-0.2, -0.15) is 0 Å². The van der Waals surface area contributed by atoms with E-state index in [0.717, 1.165) is 67.3 Å². The van der Waals surface area contributed by atoms with Gasteiger partial charge < -0.3 is 14.2 Å². The maximum absolute atomic E-state index is 6.45. The van der Waals surface area contributed by atoms with Crippen molar-refractivity contribution in [2.24, 2.45) is 0 Å². The van der Waals surface area contributed by atoms with E-state index in [2.05, 4.69) is 149 Å². The number of anilines is 6. The van der Waals surface area contributed by atoms with Crippen LogP contribution in [0, 0.1) is 0 Å². The molecule has 0 saturated carbocycles. The largest absolute Gasteiger partial charge is 0.456 e. The van der Waals surface area contributed by atoms with Gasteiger partial charge in [-0.1, -0.05) is 72.8 Å². The van der Waals surface area contributed by atoms with Crippen LogP contribution >= 0.6 is 0 Å². The Morgan fingerprint density at radius 1 is 0.438 bits per heavy atom.